The molecule has 1 heterocycles. The van der Waals surface area contributed by atoms with Gasteiger partial charge in [-0.1, -0.05) is 0 Å². The lowest BCUT2D eigenvalue weighted by molar-refractivity contribution is 0.0963. The summed E-state index contributed by atoms with van der Waals surface area (Å²) in [7, 11) is 3.41. The summed E-state index contributed by atoms with van der Waals surface area (Å²) in [6.45, 7) is 3.73. The number of hydrogen-bond donors (Lipinski definition) is 3. The standard InChI is InChI=1S/C16H21N5O2/c1-10-7-12(15(22)17-3)5-6-14(10)20-16(23)19-11(2)13-8-18-21(4)9-13/h5-9,11H,1-4H3,(H,17,22)(H2,19,20,23)/t11-/m0/s1. The highest BCUT2D eigenvalue weighted by atomic mass is 16.2. The fraction of sp³-hybridized carbons (Fsp3) is 0.312. The molecular weight excluding hydrogens is 294 g/mol. The molecule has 1 aromatic carbocycles. The van der Waals surface area contributed by atoms with Crippen LogP contribution in [0.1, 0.15) is 34.5 Å². The van der Waals surface area contributed by atoms with Gasteiger partial charge in [0.05, 0.1) is 12.2 Å². The van der Waals surface area contributed by atoms with Crippen LogP contribution in [0.4, 0.5) is 10.5 Å². The molecule has 122 valence electrons. The van der Waals surface area contributed by atoms with E-state index in [9.17, 15) is 9.59 Å². The van der Waals surface area contributed by atoms with Crippen molar-refractivity contribution in [3.05, 3.63) is 47.3 Å². The zero-order chi connectivity index (χ0) is 17.0. The second-order valence-electron chi connectivity index (χ2n) is 5.38. The minimum Gasteiger partial charge on any atom is -0.355 e. The molecule has 3 amide bonds. The van der Waals surface area contributed by atoms with E-state index in [1.807, 2.05) is 27.1 Å². The third-order valence-corrected chi connectivity index (χ3v) is 3.54. The molecule has 2 aromatic rings. The van der Waals surface area contributed by atoms with E-state index in [1.165, 1.54) is 0 Å². The maximum Gasteiger partial charge on any atom is 0.319 e. The summed E-state index contributed by atoms with van der Waals surface area (Å²) in [6, 6.07) is 4.66. The van der Waals surface area contributed by atoms with E-state index in [-0.39, 0.29) is 18.0 Å². The lowest BCUT2D eigenvalue weighted by atomic mass is 10.1. The van der Waals surface area contributed by atoms with Crippen LogP contribution in [0.25, 0.3) is 0 Å². The largest absolute Gasteiger partial charge is 0.355 e. The predicted octanol–water partition coefficient (Wildman–Crippen LogP) is 1.97. The number of aromatic nitrogens is 2. The smallest absolute Gasteiger partial charge is 0.319 e. The third-order valence-electron chi connectivity index (χ3n) is 3.54. The summed E-state index contributed by atoms with van der Waals surface area (Å²) in [6.07, 6.45) is 3.57. The van der Waals surface area contributed by atoms with Crippen molar-refractivity contribution >= 4 is 17.6 Å². The van der Waals surface area contributed by atoms with Gasteiger partial charge in [-0.05, 0) is 37.6 Å². The van der Waals surface area contributed by atoms with Crippen molar-refractivity contribution < 1.29 is 9.59 Å². The second kappa shape index (κ2) is 6.95. The summed E-state index contributed by atoms with van der Waals surface area (Å²) < 4.78 is 1.69. The minimum absolute atomic E-state index is 0.158. The molecule has 1 aromatic heterocycles. The molecule has 7 heteroatoms. The number of aryl methyl sites for hydroxylation is 2. The van der Waals surface area contributed by atoms with E-state index < -0.39 is 0 Å². The van der Waals surface area contributed by atoms with Gasteiger partial charge in [0.1, 0.15) is 0 Å². The Hall–Kier alpha value is -2.83. The number of anilines is 1. The van der Waals surface area contributed by atoms with E-state index in [4.69, 9.17) is 0 Å². The zero-order valence-electron chi connectivity index (χ0n) is 13.7. The van der Waals surface area contributed by atoms with E-state index in [0.717, 1.165) is 11.1 Å². The van der Waals surface area contributed by atoms with E-state index >= 15 is 0 Å². The number of rotatable bonds is 4. The summed E-state index contributed by atoms with van der Waals surface area (Å²) in [5.74, 6) is -0.158. The monoisotopic (exact) mass is 315 g/mol. The molecule has 7 nitrogen and oxygen atoms in total. The number of benzene rings is 1. The van der Waals surface area contributed by atoms with Crippen molar-refractivity contribution in [1.29, 1.82) is 0 Å². The maximum atomic E-state index is 12.1. The third kappa shape index (κ3) is 4.09. The van der Waals surface area contributed by atoms with E-state index in [0.29, 0.717) is 11.3 Å². The predicted molar refractivity (Wildman–Crippen MR) is 88.3 cm³/mol. The first-order chi connectivity index (χ1) is 10.9. The van der Waals surface area contributed by atoms with Gasteiger partial charge >= 0.3 is 6.03 Å². The topological polar surface area (TPSA) is 88.1 Å². The number of amides is 3. The fourth-order valence-electron chi connectivity index (χ4n) is 2.19. The normalized spacial score (nSPS) is 11.7. The lowest BCUT2D eigenvalue weighted by Gasteiger charge is -2.14. The van der Waals surface area contributed by atoms with Gasteiger partial charge in [0.15, 0.2) is 0 Å². The molecule has 0 unspecified atom stereocenters. The van der Waals surface area contributed by atoms with Crippen LogP contribution in [0.3, 0.4) is 0 Å². The van der Waals surface area contributed by atoms with Crippen LogP contribution in [-0.2, 0) is 7.05 Å². The van der Waals surface area contributed by atoms with Gasteiger partial charge in [0.25, 0.3) is 5.91 Å². The van der Waals surface area contributed by atoms with Crippen LogP contribution in [0.5, 0.6) is 0 Å². The molecule has 0 aliphatic carbocycles. The molecule has 2 rings (SSSR count). The van der Waals surface area contributed by atoms with Crippen molar-refractivity contribution in [1.82, 2.24) is 20.4 Å². The van der Waals surface area contributed by atoms with Gasteiger partial charge < -0.3 is 16.0 Å². The molecule has 1 atom stereocenters. The highest BCUT2D eigenvalue weighted by Gasteiger charge is 2.12. The molecule has 0 aliphatic heterocycles. The summed E-state index contributed by atoms with van der Waals surface area (Å²) in [5, 5.41) is 12.3. The summed E-state index contributed by atoms with van der Waals surface area (Å²) >= 11 is 0. The Morgan fingerprint density at radius 1 is 1.30 bits per heavy atom. The molecule has 0 aliphatic rings. The van der Waals surface area contributed by atoms with Crippen LogP contribution in [-0.4, -0.2) is 28.8 Å². The fourth-order valence-corrected chi connectivity index (χ4v) is 2.19. The Kier molecular flexibility index (Phi) is 5.00. The van der Waals surface area contributed by atoms with Gasteiger partial charge in [-0.25, -0.2) is 4.79 Å². The van der Waals surface area contributed by atoms with Gasteiger partial charge in [-0.3, -0.25) is 9.48 Å². The zero-order valence-corrected chi connectivity index (χ0v) is 13.7. The van der Waals surface area contributed by atoms with Crippen LogP contribution < -0.4 is 16.0 Å². The molecule has 3 N–H and O–H groups in total. The van der Waals surface area contributed by atoms with Crippen molar-refractivity contribution in [3.8, 4) is 0 Å². The molecule has 23 heavy (non-hydrogen) atoms. The van der Waals surface area contributed by atoms with E-state index in [1.54, 1.807) is 36.1 Å². The van der Waals surface area contributed by atoms with Crippen LogP contribution in [0, 0.1) is 6.92 Å². The van der Waals surface area contributed by atoms with Crippen molar-refractivity contribution in [3.63, 3.8) is 0 Å². The quantitative estimate of drug-likeness (QED) is 0.806. The van der Waals surface area contributed by atoms with Crippen LogP contribution in [0.15, 0.2) is 30.6 Å². The van der Waals surface area contributed by atoms with Crippen molar-refractivity contribution in [2.45, 2.75) is 19.9 Å². The van der Waals surface area contributed by atoms with Gasteiger partial charge in [-0.15, -0.1) is 0 Å². The number of carbonyl (C=O) groups is 2. The highest BCUT2D eigenvalue weighted by molar-refractivity contribution is 5.96. The number of nitrogens with one attached hydrogen (secondary N) is 3. The first-order valence-electron chi connectivity index (χ1n) is 7.29. The van der Waals surface area contributed by atoms with Crippen molar-refractivity contribution in [2.75, 3.05) is 12.4 Å². The maximum absolute atomic E-state index is 12.1. The lowest BCUT2D eigenvalue weighted by Crippen LogP contribution is -2.31. The molecular formula is C16H21N5O2. The molecule has 0 saturated heterocycles. The van der Waals surface area contributed by atoms with Gasteiger partial charge in [0, 0.05) is 37.1 Å². The number of nitrogens with zero attached hydrogens (tertiary/aromatic N) is 2. The minimum atomic E-state index is -0.308. The van der Waals surface area contributed by atoms with E-state index in [2.05, 4.69) is 21.0 Å². The van der Waals surface area contributed by atoms with Crippen LogP contribution >= 0.6 is 0 Å². The average Bonchev–Trinajstić information content (AvgIpc) is 2.95. The Labute approximate surface area is 135 Å². The number of carbonyl (C=O) groups excluding carboxylic acids is 2. The Balaban J connectivity index is 2.01. The Morgan fingerprint density at radius 3 is 2.61 bits per heavy atom. The molecule has 0 bridgehead atoms. The highest BCUT2D eigenvalue weighted by Crippen LogP contribution is 2.17. The average molecular weight is 315 g/mol. The van der Waals surface area contributed by atoms with Gasteiger partial charge in [-0.2, -0.15) is 5.10 Å². The first kappa shape index (κ1) is 16.5. The van der Waals surface area contributed by atoms with Crippen molar-refractivity contribution in [2.24, 2.45) is 7.05 Å². The molecule has 0 radical (unpaired) electrons. The number of urea groups is 1. The first-order valence-corrected chi connectivity index (χ1v) is 7.29. The SMILES string of the molecule is CNC(=O)c1ccc(NC(=O)N[C@@H](C)c2cnn(C)c2)c(C)c1. The van der Waals surface area contributed by atoms with Gasteiger partial charge in [0.2, 0.25) is 0 Å². The number of hydrogen-bond acceptors (Lipinski definition) is 3. The summed E-state index contributed by atoms with van der Waals surface area (Å²) in [4.78, 5) is 23.7. The van der Waals surface area contributed by atoms with Crippen LogP contribution in [0.2, 0.25) is 0 Å². The molecule has 0 fully saturated rings. The summed E-state index contributed by atoms with van der Waals surface area (Å²) in [5.41, 5.74) is 2.96. The second-order valence-corrected chi connectivity index (χ2v) is 5.38. The Bertz CT molecular complexity index is 723. The Morgan fingerprint density at radius 2 is 2.04 bits per heavy atom. The molecule has 0 saturated carbocycles. The molecule has 0 spiro atoms.